The summed E-state index contributed by atoms with van der Waals surface area (Å²) in [7, 11) is 0. The average Bonchev–Trinajstić information content (AvgIpc) is 2.93. The zero-order valence-electron chi connectivity index (χ0n) is 15.5. The van der Waals surface area contributed by atoms with Crippen LogP contribution in [0.5, 0.6) is 0 Å². The van der Waals surface area contributed by atoms with Crippen LogP contribution in [0.15, 0.2) is 11.3 Å². The number of nitrogens with one attached hydrogen (secondary N) is 2. The van der Waals surface area contributed by atoms with Crippen LogP contribution in [0.3, 0.4) is 0 Å². The van der Waals surface area contributed by atoms with E-state index in [0.717, 1.165) is 50.8 Å². The lowest BCUT2D eigenvalue weighted by Gasteiger charge is -2.17. The molecule has 6 heteroatoms. The minimum atomic E-state index is 0.419. The molecule has 0 spiro atoms. The molecule has 0 aliphatic carbocycles. The Bertz CT molecular complexity index is 458. The third-order valence-electron chi connectivity index (χ3n) is 3.61. The second-order valence-electron chi connectivity index (χ2n) is 7.00. The van der Waals surface area contributed by atoms with Crippen LogP contribution in [0, 0.1) is 5.41 Å². The van der Waals surface area contributed by atoms with Crippen molar-refractivity contribution < 1.29 is 0 Å². The molecule has 6 nitrogen and oxygen atoms in total. The summed E-state index contributed by atoms with van der Waals surface area (Å²) in [6.45, 7) is 14.5. The molecular formula is C17H34N6. The first-order valence-electron chi connectivity index (χ1n) is 8.85. The maximum absolute atomic E-state index is 4.65. The molecule has 1 aromatic rings. The monoisotopic (exact) mass is 322 g/mol. The number of aliphatic imine (C=N–C) groups is 1. The van der Waals surface area contributed by atoms with Gasteiger partial charge in [0.05, 0.1) is 0 Å². The lowest BCUT2D eigenvalue weighted by molar-refractivity contribution is 0.361. The molecule has 0 aliphatic heterocycles. The maximum Gasteiger partial charge on any atom is 0.191 e. The highest BCUT2D eigenvalue weighted by Gasteiger charge is 2.08. The number of rotatable bonds is 9. The number of aryl methyl sites for hydroxylation is 1. The largest absolute Gasteiger partial charge is 0.357 e. The van der Waals surface area contributed by atoms with Gasteiger partial charge in [0.15, 0.2) is 5.96 Å². The van der Waals surface area contributed by atoms with Gasteiger partial charge in [-0.3, -0.25) is 4.99 Å². The van der Waals surface area contributed by atoms with Crippen molar-refractivity contribution >= 4 is 5.96 Å². The number of unbranched alkanes of at least 4 members (excludes halogenated alkanes) is 1. The van der Waals surface area contributed by atoms with Crippen molar-refractivity contribution in [3.8, 4) is 0 Å². The van der Waals surface area contributed by atoms with Gasteiger partial charge >= 0.3 is 0 Å². The lowest BCUT2D eigenvalue weighted by Crippen LogP contribution is -2.39. The van der Waals surface area contributed by atoms with Gasteiger partial charge in [-0.2, -0.15) is 0 Å². The van der Waals surface area contributed by atoms with E-state index in [-0.39, 0.29) is 0 Å². The molecule has 0 aliphatic rings. The Labute approximate surface area is 141 Å². The molecular weight excluding hydrogens is 288 g/mol. The molecule has 1 heterocycles. The standard InChI is InChI=1S/C17H34N6/c1-6-15-22-21-14-23(15)13-12-20-16(18-7-2)19-11-9-8-10-17(3,4)5/h14H,6-13H2,1-5H3,(H2,18,19,20). The fourth-order valence-electron chi connectivity index (χ4n) is 2.33. The Morgan fingerprint density at radius 1 is 1.22 bits per heavy atom. The summed E-state index contributed by atoms with van der Waals surface area (Å²) >= 11 is 0. The Kier molecular flexibility index (Phi) is 8.66. The first-order valence-corrected chi connectivity index (χ1v) is 8.85. The van der Waals surface area contributed by atoms with E-state index in [0.29, 0.717) is 5.41 Å². The highest BCUT2D eigenvalue weighted by molar-refractivity contribution is 5.79. The van der Waals surface area contributed by atoms with Crippen LogP contribution >= 0.6 is 0 Å². The minimum Gasteiger partial charge on any atom is -0.357 e. The van der Waals surface area contributed by atoms with Crippen LogP contribution in [-0.4, -0.2) is 40.4 Å². The fraction of sp³-hybridized carbons (Fsp3) is 0.824. The van der Waals surface area contributed by atoms with Gasteiger partial charge in [-0.15, -0.1) is 10.2 Å². The van der Waals surface area contributed by atoms with Crippen molar-refractivity contribution in [2.75, 3.05) is 19.6 Å². The van der Waals surface area contributed by atoms with E-state index in [2.05, 4.69) is 65.0 Å². The molecule has 0 amide bonds. The van der Waals surface area contributed by atoms with Crippen LogP contribution in [0.4, 0.5) is 0 Å². The lowest BCUT2D eigenvalue weighted by atomic mass is 9.90. The Morgan fingerprint density at radius 3 is 2.65 bits per heavy atom. The topological polar surface area (TPSA) is 67.1 Å². The predicted molar refractivity (Wildman–Crippen MR) is 96.7 cm³/mol. The quantitative estimate of drug-likeness (QED) is 0.417. The van der Waals surface area contributed by atoms with Crippen LogP contribution in [0.2, 0.25) is 0 Å². The normalized spacial score (nSPS) is 12.5. The smallest absolute Gasteiger partial charge is 0.191 e. The van der Waals surface area contributed by atoms with Crippen LogP contribution in [-0.2, 0) is 13.0 Å². The zero-order valence-corrected chi connectivity index (χ0v) is 15.5. The van der Waals surface area contributed by atoms with E-state index in [4.69, 9.17) is 0 Å². The molecule has 1 aromatic heterocycles. The molecule has 0 saturated carbocycles. The number of guanidine groups is 1. The summed E-state index contributed by atoms with van der Waals surface area (Å²) in [4.78, 5) is 4.65. The van der Waals surface area contributed by atoms with Crippen LogP contribution < -0.4 is 10.6 Å². The van der Waals surface area contributed by atoms with Crippen molar-refractivity contribution in [3.63, 3.8) is 0 Å². The van der Waals surface area contributed by atoms with Gasteiger partial charge in [0, 0.05) is 32.6 Å². The van der Waals surface area contributed by atoms with Crippen molar-refractivity contribution in [1.29, 1.82) is 0 Å². The summed E-state index contributed by atoms with van der Waals surface area (Å²) in [6, 6.07) is 0. The minimum absolute atomic E-state index is 0.419. The van der Waals surface area contributed by atoms with Gasteiger partial charge in [0.1, 0.15) is 12.2 Å². The van der Waals surface area contributed by atoms with Gasteiger partial charge in [-0.25, -0.2) is 0 Å². The molecule has 0 aromatic carbocycles. The SMILES string of the molecule is CCNC(=NCCCCC(C)(C)C)NCCn1cnnc1CC. The van der Waals surface area contributed by atoms with Crippen molar-refractivity contribution in [1.82, 2.24) is 25.4 Å². The molecule has 132 valence electrons. The van der Waals surface area contributed by atoms with E-state index in [1.165, 1.54) is 12.8 Å². The fourth-order valence-corrected chi connectivity index (χ4v) is 2.33. The molecule has 0 atom stereocenters. The first kappa shape index (κ1) is 19.5. The Balaban J connectivity index is 2.32. The van der Waals surface area contributed by atoms with E-state index >= 15 is 0 Å². The molecule has 0 fully saturated rings. The van der Waals surface area contributed by atoms with Gasteiger partial charge in [0.2, 0.25) is 0 Å². The summed E-state index contributed by atoms with van der Waals surface area (Å²) in [5.41, 5.74) is 0.419. The van der Waals surface area contributed by atoms with E-state index in [1.807, 2.05) is 0 Å². The van der Waals surface area contributed by atoms with Crippen molar-refractivity contribution in [2.45, 2.75) is 66.8 Å². The van der Waals surface area contributed by atoms with E-state index in [9.17, 15) is 0 Å². The van der Waals surface area contributed by atoms with Gasteiger partial charge in [0.25, 0.3) is 0 Å². The Morgan fingerprint density at radius 2 is 2.00 bits per heavy atom. The number of nitrogens with zero attached hydrogens (tertiary/aromatic N) is 4. The number of aromatic nitrogens is 3. The highest BCUT2D eigenvalue weighted by atomic mass is 15.3. The van der Waals surface area contributed by atoms with Crippen molar-refractivity contribution in [2.24, 2.45) is 10.4 Å². The van der Waals surface area contributed by atoms with E-state index in [1.54, 1.807) is 6.33 Å². The highest BCUT2D eigenvalue weighted by Crippen LogP contribution is 2.21. The molecule has 1 rings (SSSR count). The molecule has 0 saturated heterocycles. The van der Waals surface area contributed by atoms with Gasteiger partial charge < -0.3 is 15.2 Å². The third kappa shape index (κ3) is 8.57. The van der Waals surface area contributed by atoms with Crippen molar-refractivity contribution in [3.05, 3.63) is 12.2 Å². The number of hydrogen-bond acceptors (Lipinski definition) is 3. The summed E-state index contributed by atoms with van der Waals surface area (Å²) in [6.07, 6.45) is 6.31. The molecule has 0 unspecified atom stereocenters. The molecule has 0 radical (unpaired) electrons. The summed E-state index contributed by atoms with van der Waals surface area (Å²) in [5, 5.41) is 14.7. The zero-order chi connectivity index (χ0) is 17.1. The molecule has 2 N–H and O–H groups in total. The summed E-state index contributed by atoms with van der Waals surface area (Å²) < 4.78 is 2.08. The Hall–Kier alpha value is -1.59. The molecule has 23 heavy (non-hydrogen) atoms. The second-order valence-corrected chi connectivity index (χ2v) is 7.00. The first-order chi connectivity index (χ1) is 11.0. The third-order valence-corrected chi connectivity index (χ3v) is 3.61. The van der Waals surface area contributed by atoms with Crippen LogP contribution in [0.1, 0.15) is 59.7 Å². The molecule has 0 bridgehead atoms. The average molecular weight is 323 g/mol. The van der Waals surface area contributed by atoms with Crippen LogP contribution in [0.25, 0.3) is 0 Å². The van der Waals surface area contributed by atoms with Gasteiger partial charge in [-0.1, -0.05) is 34.1 Å². The second kappa shape index (κ2) is 10.2. The maximum atomic E-state index is 4.65. The number of hydrogen-bond donors (Lipinski definition) is 2. The summed E-state index contributed by atoms with van der Waals surface area (Å²) in [5.74, 6) is 1.92. The van der Waals surface area contributed by atoms with Gasteiger partial charge in [-0.05, 0) is 25.2 Å². The predicted octanol–water partition coefficient (Wildman–Crippen LogP) is 2.61. The van der Waals surface area contributed by atoms with E-state index < -0.39 is 0 Å².